The second kappa shape index (κ2) is 9.99. The number of pyridine rings is 1. The van der Waals surface area contributed by atoms with Crippen LogP contribution in [-0.4, -0.2) is 29.6 Å². The molecule has 0 fully saturated rings. The minimum Gasteiger partial charge on any atom is -0.471 e. The molecular weight excluding hydrogens is 511 g/mol. The quantitative estimate of drug-likeness (QED) is 0.352. The van der Waals surface area contributed by atoms with Gasteiger partial charge in [0, 0.05) is 33.5 Å². The van der Waals surface area contributed by atoms with Gasteiger partial charge in [-0.05, 0) is 49.7 Å². The number of carbonyl (C=O) groups excluding carboxylic acids is 2. The van der Waals surface area contributed by atoms with Crippen LogP contribution in [0.3, 0.4) is 0 Å². The normalized spacial score (nSPS) is 16.4. The molecule has 2 heterocycles. The predicted octanol–water partition coefficient (Wildman–Crippen LogP) is 7.27. The van der Waals surface area contributed by atoms with E-state index in [0.717, 1.165) is 16.7 Å². The lowest BCUT2D eigenvalue weighted by atomic mass is 9.87. The van der Waals surface area contributed by atoms with Crippen LogP contribution in [0.1, 0.15) is 63.0 Å². The Morgan fingerprint density at radius 2 is 1.73 bits per heavy atom. The van der Waals surface area contributed by atoms with Crippen molar-refractivity contribution < 1.29 is 19.1 Å². The van der Waals surface area contributed by atoms with Crippen molar-refractivity contribution in [1.82, 2.24) is 10.3 Å². The molecule has 1 aliphatic heterocycles. The molecule has 3 aromatic rings. The zero-order chi connectivity index (χ0) is 27.1. The van der Waals surface area contributed by atoms with Gasteiger partial charge in [0.2, 0.25) is 11.8 Å². The number of ether oxygens (including phenoxy) is 2. The van der Waals surface area contributed by atoms with Crippen molar-refractivity contribution >= 4 is 35.1 Å². The zero-order valence-electron chi connectivity index (χ0n) is 21.7. The smallest absolute Gasteiger partial charge is 0.337 e. The van der Waals surface area contributed by atoms with E-state index in [2.05, 4.69) is 5.32 Å². The van der Waals surface area contributed by atoms with Gasteiger partial charge in [-0.25, -0.2) is 9.78 Å². The monoisotopic (exact) mass is 540 g/mol. The Balaban J connectivity index is 1.92. The van der Waals surface area contributed by atoms with E-state index in [-0.39, 0.29) is 11.9 Å². The first-order valence-electron chi connectivity index (χ1n) is 12.0. The lowest BCUT2D eigenvalue weighted by Crippen LogP contribution is -2.44. The zero-order valence-corrected chi connectivity index (χ0v) is 23.3. The molecule has 4 rings (SSSR count). The average Bonchev–Trinajstić information content (AvgIpc) is 2.82. The summed E-state index contributed by atoms with van der Waals surface area (Å²) in [5, 5.41) is 4.15. The maximum absolute atomic E-state index is 12.9. The Morgan fingerprint density at radius 1 is 1.05 bits per heavy atom. The van der Waals surface area contributed by atoms with Crippen molar-refractivity contribution in [3.05, 3.63) is 69.7 Å². The van der Waals surface area contributed by atoms with Gasteiger partial charge >= 0.3 is 5.97 Å². The number of halogens is 2. The lowest BCUT2D eigenvalue weighted by Gasteiger charge is -2.38. The first-order valence-corrected chi connectivity index (χ1v) is 12.7. The van der Waals surface area contributed by atoms with E-state index < -0.39 is 17.0 Å². The van der Waals surface area contributed by atoms with Gasteiger partial charge in [0.1, 0.15) is 5.60 Å². The molecule has 0 bridgehead atoms. The van der Waals surface area contributed by atoms with E-state index in [1.54, 1.807) is 30.3 Å². The Kier molecular flexibility index (Phi) is 7.28. The summed E-state index contributed by atoms with van der Waals surface area (Å²) in [5.74, 6) is -0.108. The summed E-state index contributed by atoms with van der Waals surface area (Å²) in [6.07, 6.45) is 0.581. The van der Waals surface area contributed by atoms with Crippen LogP contribution >= 0.6 is 23.2 Å². The van der Waals surface area contributed by atoms with Crippen molar-refractivity contribution in [2.75, 3.05) is 7.11 Å². The van der Waals surface area contributed by atoms with Crippen LogP contribution in [0.15, 0.2) is 48.5 Å². The molecule has 0 radical (unpaired) electrons. The largest absolute Gasteiger partial charge is 0.471 e. The van der Waals surface area contributed by atoms with Crippen molar-refractivity contribution in [2.24, 2.45) is 5.41 Å². The van der Waals surface area contributed by atoms with Crippen LogP contribution in [0.2, 0.25) is 10.0 Å². The Morgan fingerprint density at radius 3 is 2.32 bits per heavy atom. The molecule has 6 nitrogen and oxygen atoms in total. The number of hydrogen-bond acceptors (Lipinski definition) is 5. The summed E-state index contributed by atoms with van der Waals surface area (Å²) in [6, 6.07) is 14.1. The number of aromatic nitrogens is 1. The molecule has 1 unspecified atom stereocenters. The van der Waals surface area contributed by atoms with Gasteiger partial charge in [0.05, 0.1) is 29.4 Å². The number of amides is 1. The fourth-order valence-corrected chi connectivity index (χ4v) is 4.65. The first-order chi connectivity index (χ1) is 17.3. The third-order valence-electron chi connectivity index (χ3n) is 6.25. The van der Waals surface area contributed by atoms with Crippen molar-refractivity contribution in [3.8, 4) is 28.3 Å². The van der Waals surface area contributed by atoms with E-state index in [9.17, 15) is 9.59 Å². The van der Waals surface area contributed by atoms with Crippen LogP contribution in [0, 0.1) is 5.41 Å². The fraction of sp³-hybridized carbons (Fsp3) is 0.345. The fourth-order valence-electron chi connectivity index (χ4n) is 4.26. The lowest BCUT2D eigenvalue weighted by molar-refractivity contribution is -0.129. The maximum atomic E-state index is 12.9. The number of carbonyl (C=O) groups is 2. The van der Waals surface area contributed by atoms with E-state index in [0.29, 0.717) is 39.2 Å². The molecule has 0 saturated heterocycles. The van der Waals surface area contributed by atoms with Crippen LogP contribution < -0.4 is 10.1 Å². The van der Waals surface area contributed by atoms with Gasteiger partial charge in [-0.15, -0.1) is 0 Å². The number of benzene rings is 2. The Hall–Kier alpha value is -3.09. The number of nitrogens with one attached hydrogen (secondary N) is 1. The van der Waals surface area contributed by atoms with Gasteiger partial charge in [-0.2, -0.15) is 0 Å². The highest BCUT2D eigenvalue weighted by molar-refractivity contribution is 6.33. The summed E-state index contributed by atoms with van der Waals surface area (Å²) in [6.45, 7) is 9.59. The van der Waals surface area contributed by atoms with Crippen molar-refractivity contribution in [2.45, 2.75) is 52.7 Å². The molecule has 1 atom stereocenters. The Labute approximate surface area is 227 Å². The molecule has 8 heteroatoms. The highest BCUT2D eigenvalue weighted by Gasteiger charge is 2.38. The second-order valence-electron chi connectivity index (χ2n) is 10.8. The van der Waals surface area contributed by atoms with Crippen LogP contribution in [-0.2, 0) is 9.53 Å². The maximum Gasteiger partial charge on any atom is 0.337 e. The highest BCUT2D eigenvalue weighted by atomic mass is 35.5. The number of fused-ring (bicyclic) bond motifs is 1. The second-order valence-corrected chi connectivity index (χ2v) is 11.7. The number of methoxy groups -OCH3 is 1. The molecule has 1 aliphatic rings. The van der Waals surface area contributed by atoms with E-state index >= 15 is 0 Å². The van der Waals surface area contributed by atoms with Gasteiger partial charge in [-0.1, -0.05) is 62.2 Å². The molecule has 1 amide bonds. The average molecular weight is 541 g/mol. The van der Waals surface area contributed by atoms with Crippen molar-refractivity contribution in [3.63, 3.8) is 0 Å². The predicted molar refractivity (Wildman–Crippen MR) is 146 cm³/mol. The van der Waals surface area contributed by atoms with Crippen LogP contribution in [0.5, 0.6) is 5.88 Å². The van der Waals surface area contributed by atoms with Gasteiger partial charge < -0.3 is 14.8 Å². The summed E-state index contributed by atoms with van der Waals surface area (Å²) >= 11 is 12.8. The van der Waals surface area contributed by atoms with Gasteiger partial charge in [-0.3, -0.25) is 4.79 Å². The minimum atomic E-state index is -0.562. The summed E-state index contributed by atoms with van der Waals surface area (Å²) in [4.78, 5) is 29.9. The molecule has 0 saturated carbocycles. The summed E-state index contributed by atoms with van der Waals surface area (Å²) < 4.78 is 11.1. The van der Waals surface area contributed by atoms with E-state index in [1.165, 1.54) is 7.11 Å². The van der Waals surface area contributed by atoms with E-state index in [1.807, 2.05) is 52.8 Å². The molecule has 0 spiro atoms. The highest BCUT2D eigenvalue weighted by Crippen LogP contribution is 2.45. The topological polar surface area (TPSA) is 77.5 Å². The van der Waals surface area contributed by atoms with Gasteiger partial charge in [0.15, 0.2) is 0 Å². The molecule has 194 valence electrons. The standard InChI is InChI=1S/C29H30Cl2N2O4/c1-28(2,3)27(35)32-23-15-29(4,5)37-25-21(23)14-20(16-7-10-18(30)11-8-16)24(33-25)19-12-9-17(13-22(19)31)26(34)36-6/h7-14,23H,15H2,1-6H3,(H,32,35). The van der Waals surface area contributed by atoms with Crippen LogP contribution in [0.4, 0.5) is 0 Å². The van der Waals surface area contributed by atoms with Crippen molar-refractivity contribution in [1.29, 1.82) is 0 Å². The molecule has 37 heavy (non-hydrogen) atoms. The number of rotatable bonds is 4. The number of esters is 1. The molecule has 0 aliphatic carbocycles. The van der Waals surface area contributed by atoms with Crippen LogP contribution in [0.25, 0.3) is 22.4 Å². The summed E-state index contributed by atoms with van der Waals surface area (Å²) in [7, 11) is 1.32. The SMILES string of the molecule is COC(=O)c1ccc(-c2nc3c(cc2-c2ccc(Cl)cc2)C(NC(=O)C(C)(C)C)CC(C)(C)O3)c(Cl)c1. The van der Waals surface area contributed by atoms with E-state index in [4.69, 9.17) is 37.7 Å². The third kappa shape index (κ3) is 5.76. The molecule has 1 N–H and O–H groups in total. The summed E-state index contributed by atoms with van der Waals surface area (Å²) in [5.41, 5.74) is 2.88. The number of hydrogen-bond donors (Lipinski definition) is 1. The molecular formula is C29H30Cl2N2O4. The third-order valence-corrected chi connectivity index (χ3v) is 6.81. The Bertz CT molecular complexity index is 1360. The number of nitrogens with zero attached hydrogens (tertiary/aromatic N) is 1. The minimum absolute atomic E-state index is 0.0558. The first kappa shape index (κ1) is 27.0. The van der Waals surface area contributed by atoms with Gasteiger partial charge in [0.25, 0.3) is 0 Å². The molecule has 2 aromatic carbocycles. The molecule has 1 aromatic heterocycles.